The number of aromatic nitrogens is 2. The molecule has 0 saturated carbocycles. The van der Waals surface area contributed by atoms with Crippen LogP contribution in [0.2, 0.25) is 5.02 Å². The molecule has 0 saturated heterocycles. The molecule has 0 aliphatic carbocycles. The second-order valence-corrected chi connectivity index (χ2v) is 10.2. The third-order valence-corrected chi connectivity index (χ3v) is 7.14. The lowest BCUT2D eigenvalue weighted by Crippen LogP contribution is -2.20. The summed E-state index contributed by atoms with van der Waals surface area (Å²) in [6.45, 7) is 0.209. The average molecular weight is 615 g/mol. The molecule has 2 heterocycles. The Hall–Kier alpha value is -4.40. The highest BCUT2D eigenvalue weighted by atomic mass is 79.9. The maximum Gasteiger partial charge on any atom is 0.282 e. The van der Waals surface area contributed by atoms with Crippen LogP contribution in [0.15, 0.2) is 110 Å². The quantitative estimate of drug-likeness (QED) is 0.172. The largest absolute Gasteiger partial charge is 0.493 e. The maximum atomic E-state index is 13.7. The zero-order valence-corrected chi connectivity index (χ0v) is 23.5. The highest BCUT2D eigenvalue weighted by Gasteiger charge is 2.18. The first kappa shape index (κ1) is 25.9. The van der Waals surface area contributed by atoms with E-state index in [0.717, 1.165) is 15.4 Å². The van der Waals surface area contributed by atoms with E-state index in [1.807, 2.05) is 60.7 Å². The van der Waals surface area contributed by atoms with Crippen molar-refractivity contribution in [3.63, 3.8) is 0 Å². The molecule has 6 aromatic rings. The van der Waals surface area contributed by atoms with Gasteiger partial charge in [-0.05, 0) is 42.5 Å². The Morgan fingerprint density at radius 2 is 1.80 bits per heavy atom. The molecule has 6 rings (SSSR count). The van der Waals surface area contributed by atoms with E-state index in [0.29, 0.717) is 44.3 Å². The van der Waals surface area contributed by atoms with Crippen LogP contribution in [0, 0.1) is 0 Å². The van der Waals surface area contributed by atoms with Gasteiger partial charge in [0.05, 0.1) is 24.2 Å². The van der Waals surface area contributed by atoms with Crippen molar-refractivity contribution in [1.29, 1.82) is 0 Å². The van der Waals surface area contributed by atoms with E-state index in [9.17, 15) is 4.79 Å². The Balaban J connectivity index is 1.48. The number of para-hydroxylation sites is 2. The monoisotopic (exact) mass is 613 g/mol. The van der Waals surface area contributed by atoms with Gasteiger partial charge in [0.25, 0.3) is 5.56 Å². The van der Waals surface area contributed by atoms with Crippen molar-refractivity contribution in [3.05, 3.63) is 122 Å². The summed E-state index contributed by atoms with van der Waals surface area (Å²) >= 11 is 9.87. The third kappa shape index (κ3) is 4.99. The second kappa shape index (κ2) is 11.0. The van der Waals surface area contributed by atoms with Gasteiger partial charge in [-0.15, -0.1) is 0 Å². The molecule has 0 radical (unpaired) electrons. The van der Waals surface area contributed by atoms with Crippen molar-refractivity contribution in [2.75, 3.05) is 7.11 Å². The number of halogens is 2. The van der Waals surface area contributed by atoms with Gasteiger partial charge in [0.2, 0.25) is 5.82 Å². The lowest BCUT2D eigenvalue weighted by atomic mass is 10.2. The number of furan rings is 1. The highest BCUT2D eigenvalue weighted by molar-refractivity contribution is 9.10. The zero-order chi connectivity index (χ0) is 27.6. The predicted octanol–water partition coefficient (Wildman–Crippen LogP) is 7.70. The van der Waals surface area contributed by atoms with Gasteiger partial charge in [0.1, 0.15) is 12.2 Å². The van der Waals surface area contributed by atoms with Gasteiger partial charge in [-0.25, -0.2) is 4.98 Å². The average Bonchev–Trinajstić information content (AvgIpc) is 3.41. The molecule has 40 heavy (non-hydrogen) atoms. The van der Waals surface area contributed by atoms with Crippen LogP contribution in [-0.2, 0) is 6.61 Å². The minimum Gasteiger partial charge on any atom is -0.493 e. The lowest BCUT2D eigenvalue weighted by molar-refractivity contribution is 0.284. The standard InChI is InChI=1S/C31H21BrClN3O4/c1-38-27-16-22(32)14-21(29(27)39-18-20-9-2-5-11-24(20)33)17-34-36-30(28-15-19-8-3-7-13-26(19)40-28)35-25-12-6-4-10-23(25)31(36)37/h2-17H,18H2,1H3. The summed E-state index contributed by atoms with van der Waals surface area (Å²) in [7, 11) is 1.56. The number of hydrogen-bond donors (Lipinski definition) is 0. The number of fused-ring (bicyclic) bond motifs is 2. The van der Waals surface area contributed by atoms with E-state index in [1.165, 1.54) is 4.68 Å². The normalized spacial score (nSPS) is 11.5. The van der Waals surface area contributed by atoms with E-state index in [1.54, 1.807) is 43.7 Å². The van der Waals surface area contributed by atoms with Crippen LogP contribution in [0.3, 0.4) is 0 Å². The van der Waals surface area contributed by atoms with Gasteiger partial charge in [-0.2, -0.15) is 9.78 Å². The Bertz CT molecular complexity index is 1930. The van der Waals surface area contributed by atoms with Crippen LogP contribution in [-0.4, -0.2) is 23.0 Å². The van der Waals surface area contributed by atoms with E-state index >= 15 is 0 Å². The third-order valence-electron chi connectivity index (χ3n) is 6.31. The van der Waals surface area contributed by atoms with Gasteiger partial charge >= 0.3 is 0 Å². The molecule has 0 N–H and O–H groups in total. The summed E-state index contributed by atoms with van der Waals surface area (Å²) in [4.78, 5) is 18.4. The Morgan fingerprint density at radius 1 is 1.02 bits per heavy atom. The Labute approximate surface area is 242 Å². The minimum absolute atomic E-state index is 0.209. The molecular weight excluding hydrogens is 594 g/mol. The summed E-state index contributed by atoms with van der Waals surface area (Å²) in [6.07, 6.45) is 1.54. The van der Waals surface area contributed by atoms with E-state index in [4.69, 9.17) is 30.5 Å². The molecule has 0 atom stereocenters. The molecule has 198 valence electrons. The smallest absolute Gasteiger partial charge is 0.282 e. The zero-order valence-electron chi connectivity index (χ0n) is 21.2. The maximum absolute atomic E-state index is 13.7. The van der Waals surface area contributed by atoms with Crippen molar-refractivity contribution < 1.29 is 13.9 Å². The molecule has 0 bridgehead atoms. The fraction of sp³-hybridized carbons (Fsp3) is 0.0645. The molecule has 0 unspecified atom stereocenters. The summed E-state index contributed by atoms with van der Waals surface area (Å²) in [6, 6.07) is 27.7. The SMILES string of the molecule is COc1cc(Br)cc(C=Nn2c(-c3cc4ccccc4o3)nc3ccccc3c2=O)c1OCc1ccccc1Cl. The summed E-state index contributed by atoms with van der Waals surface area (Å²) in [5, 5.41) is 6.52. The van der Waals surface area contributed by atoms with E-state index in [2.05, 4.69) is 21.0 Å². The fourth-order valence-corrected chi connectivity index (χ4v) is 5.00. The molecule has 4 aromatic carbocycles. The number of methoxy groups -OCH3 is 1. The molecule has 7 nitrogen and oxygen atoms in total. The number of hydrogen-bond acceptors (Lipinski definition) is 6. The fourth-order valence-electron chi connectivity index (χ4n) is 4.36. The molecule has 0 fully saturated rings. The van der Waals surface area contributed by atoms with E-state index in [-0.39, 0.29) is 18.0 Å². The molecule has 0 aliphatic heterocycles. The van der Waals surface area contributed by atoms with Crippen molar-refractivity contribution in [1.82, 2.24) is 9.66 Å². The van der Waals surface area contributed by atoms with Crippen LogP contribution in [0.4, 0.5) is 0 Å². The van der Waals surface area contributed by atoms with Crippen molar-refractivity contribution in [2.24, 2.45) is 5.10 Å². The van der Waals surface area contributed by atoms with Crippen molar-refractivity contribution in [3.8, 4) is 23.1 Å². The van der Waals surface area contributed by atoms with Gasteiger partial charge in [-0.3, -0.25) is 4.79 Å². The molecule has 9 heteroatoms. The van der Waals surface area contributed by atoms with Crippen molar-refractivity contribution in [2.45, 2.75) is 6.61 Å². The van der Waals surface area contributed by atoms with Crippen LogP contribution < -0.4 is 15.0 Å². The predicted molar refractivity (Wildman–Crippen MR) is 161 cm³/mol. The summed E-state index contributed by atoms with van der Waals surface area (Å²) in [5.41, 5.74) is 2.29. The van der Waals surface area contributed by atoms with Crippen LogP contribution in [0.25, 0.3) is 33.5 Å². The summed E-state index contributed by atoms with van der Waals surface area (Å²) in [5.74, 6) is 1.63. The molecule has 0 amide bonds. The topological polar surface area (TPSA) is 78.9 Å². The highest BCUT2D eigenvalue weighted by Crippen LogP contribution is 2.35. The van der Waals surface area contributed by atoms with Gasteiger partial charge in [-0.1, -0.05) is 76.1 Å². The number of nitrogens with zero attached hydrogens (tertiary/aromatic N) is 3. The van der Waals surface area contributed by atoms with Gasteiger partial charge in [0, 0.05) is 26.0 Å². The summed E-state index contributed by atoms with van der Waals surface area (Å²) < 4.78 is 19.8. The number of benzene rings is 4. The Kier molecular flexibility index (Phi) is 7.11. The molecule has 0 aliphatic rings. The molecular formula is C31H21BrClN3O4. The first-order chi connectivity index (χ1) is 19.5. The van der Waals surface area contributed by atoms with Gasteiger partial charge < -0.3 is 13.9 Å². The molecule has 0 spiro atoms. The van der Waals surface area contributed by atoms with Crippen LogP contribution >= 0.6 is 27.5 Å². The minimum atomic E-state index is -0.335. The first-order valence-corrected chi connectivity index (χ1v) is 13.5. The number of ether oxygens (including phenoxy) is 2. The molecule has 2 aromatic heterocycles. The van der Waals surface area contributed by atoms with E-state index < -0.39 is 0 Å². The van der Waals surface area contributed by atoms with Crippen LogP contribution in [0.1, 0.15) is 11.1 Å². The lowest BCUT2D eigenvalue weighted by Gasteiger charge is -2.15. The Morgan fingerprint density at radius 3 is 2.62 bits per heavy atom. The van der Waals surface area contributed by atoms with Crippen LogP contribution in [0.5, 0.6) is 11.5 Å². The number of rotatable bonds is 7. The first-order valence-electron chi connectivity index (χ1n) is 12.3. The van der Waals surface area contributed by atoms with Gasteiger partial charge in [0.15, 0.2) is 17.3 Å². The second-order valence-electron chi connectivity index (χ2n) is 8.87. The van der Waals surface area contributed by atoms with Crippen molar-refractivity contribution >= 4 is 55.6 Å².